The molecule has 0 aromatic heterocycles. The molecule has 0 saturated heterocycles. The Balaban J connectivity index is 7.95. The molecule has 0 aromatic carbocycles. The number of aliphatic carboxylic acids is 2. The van der Waals surface area contributed by atoms with Crippen molar-refractivity contribution < 1.29 is 32.8 Å². The highest BCUT2D eigenvalue weighted by atomic mass is 32.2. The van der Waals surface area contributed by atoms with Gasteiger partial charge in [-0.3, -0.25) is 14.1 Å². The first-order valence-electron chi connectivity index (χ1n) is 47.3. The van der Waals surface area contributed by atoms with E-state index in [0.29, 0.717) is 57.8 Å². The quantitative estimate of drug-likeness (QED) is 0.0409. The largest absolute Gasteiger partial charge is 0.481 e. The molecule has 0 heterocycles. The maximum absolute atomic E-state index is 15.8. The van der Waals surface area contributed by atoms with Crippen molar-refractivity contribution in [1.29, 1.82) is 0 Å². The van der Waals surface area contributed by atoms with Gasteiger partial charge in [0.25, 0.3) is 10.1 Å². The van der Waals surface area contributed by atoms with Crippen LogP contribution in [-0.2, 0) is 19.7 Å². The summed E-state index contributed by atoms with van der Waals surface area (Å²) in [7, 11) is -5.56. The number of rotatable bonds is 88. The van der Waals surface area contributed by atoms with E-state index >= 15 is 18.0 Å². The monoisotopic (exact) mass is 1460 g/mol. The van der Waals surface area contributed by atoms with Gasteiger partial charge in [0.05, 0.1) is 5.92 Å². The molecule has 0 aliphatic heterocycles. The van der Waals surface area contributed by atoms with Gasteiger partial charge in [-0.2, -0.15) is 8.42 Å². The molecule has 0 spiro atoms. The highest BCUT2D eigenvalue weighted by molar-refractivity contribution is 7.88. The van der Waals surface area contributed by atoms with Gasteiger partial charge in [0.15, 0.2) is 0 Å². The molecule has 0 bridgehead atoms. The van der Waals surface area contributed by atoms with E-state index in [2.05, 4.69) is 41.5 Å². The topological polar surface area (TPSA) is 129 Å². The second-order valence-corrected chi connectivity index (χ2v) is 35.8. The highest BCUT2D eigenvalue weighted by Crippen LogP contribution is 2.61. The van der Waals surface area contributed by atoms with E-state index in [-0.39, 0.29) is 0 Å². The highest BCUT2D eigenvalue weighted by Gasteiger charge is 2.73. The molecule has 102 heavy (non-hydrogen) atoms. The summed E-state index contributed by atoms with van der Waals surface area (Å²) in [4.78, 5) is 31.1. The van der Waals surface area contributed by atoms with Crippen LogP contribution in [0, 0.1) is 16.7 Å². The minimum Gasteiger partial charge on any atom is -0.481 e. The minimum atomic E-state index is -5.56. The molecule has 3 N–H and O–H groups in total. The molecule has 0 aliphatic carbocycles. The van der Waals surface area contributed by atoms with E-state index in [1.807, 2.05) is 0 Å². The third-order valence-corrected chi connectivity index (χ3v) is 26.5. The van der Waals surface area contributed by atoms with Crippen molar-refractivity contribution in [2.75, 3.05) is 0 Å². The summed E-state index contributed by atoms with van der Waals surface area (Å²) in [6.45, 7) is 13.7. The van der Waals surface area contributed by atoms with E-state index in [9.17, 15) is 14.8 Å². The fourth-order valence-corrected chi connectivity index (χ4v) is 20.1. The summed E-state index contributed by atoms with van der Waals surface area (Å²) in [5.74, 6) is -4.66. The third kappa shape index (κ3) is 53.6. The summed E-state index contributed by atoms with van der Waals surface area (Å²) < 4.78 is 41.5. The summed E-state index contributed by atoms with van der Waals surface area (Å²) >= 11 is 0. The van der Waals surface area contributed by atoms with Gasteiger partial charge in [0, 0.05) is 5.41 Å². The molecule has 7 nitrogen and oxygen atoms in total. The summed E-state index contributed by atoms with van der Waals surface area (Å²) in [6, 6.07) is 0. The van der Waals surface area contributed by atoms with Crippen LogP contribution in [-0.4, -0.2) is 39.9 Å². The van der Waals surface area contributed by atoms with Gasteiger partial charge in [-0.15, -0.1) is 0 Å². The van der Waals surface area contributed by atoms with E-state index in [1.165, 1.54) is 334 Å². The first-order chi connectivity index (χ1) is 49.9. The molecule has 0 aliphatic rings. The van der Waals surface area contributed by atoms with Gasteiger partial charge < -0.3 is 10.2 Å². The van der Waals surface area contributed by atoms with Gasteiger partial charge >= 0.3 is 11.9 Å². The van der Waals surface area contributed by atoms with Crippen molar-refractivity contribution in [3.63, 3.8) is 0 Å². The Kier molecular flexibility index (Phi) is 74.4. The second-order valence-electron chi connectivity index (χ2n) is 34.2. The maximum atomic E-state index is 15.8. The Labute approximate surface area is 640 Å². The molecule has 0 aromatic rings. The number of carboxylic acid groups (broad SMARTS) is 2. The Hall–Kier alpha value is -1.15. The van der Waals surface area contributed by atoms with Crippen LogP contribution in [0.1, 0.15) is 568 Å². The van der Waals surface area contributed by atoms with Gasteiger partial charge in [0.1, 0.15) is 0 Å². The maximum Gasteiger partial charge on any atom is 0.329 e. The van der Waals surface area contributed by atoms with Gasteiger partial charge in [-0.25, -0.2) is 0 Å². The minimum absolute atomic E-state index is 0.322. The first kappa shape index (κ1) is 101. The number of hydrogen-bond acceptors (Lipinski definition) is 4. The summed E-state index contributed by atoms with van der Waals surface area (Å²) in [5, 5.41) is 25.3. The van der Waals surface area contributed by atoms with Crippen molar-refractivity contribution in [1.82, 2.24) is 0 Å². The van der Waals surface area contributed by atoms with E-state index < -0.39 is 43.6 Å². The van der Waals surface area contributed by atoms with Crippen molar-refractivity contribution in [2.45, 2.75) is 573 Å². The predicted octanol–water partition coefficient (Wildman–Crippen LogP) is 33.5. The number of unbranched alkanes of at least 4 members (excludes halogenated alkanes) is 70. The molecule has 0 saturated carbocycles. The van der Waals surface area contributed by atoms with Crippen LogP contribution in [0.15, 0.2) is 0 Å². The lowest BCUT2D eigenvalue weighted by Crippen LogP contribution is -2.69. The molecule has 0 fully saturated rings. The van der Waals surface area contributed by atoms with Gasteiger partial charge in [-0.05, 0) is 43.9 Å². The first-order valence-corrected chi connectivity index (χ1v) is 48.7. The Morgan fingerprint density at radius 3 is 0.471 bits per heavy atom. The van der Waals surface area contributed by atoms with E-state index in [1.54, 1.807) is 0 Å². The smallest absolute Gasteiger partial charge is 0.329 e. The Bertz CT molecular complexity index is 1770. The average Bonchev–Trinajstić information content (AvgIpc) is 0.697. The molecule has 2 unspecified atom stereocenters. The Morgan fingerprint density at radius 2 is 0.353 bits per heavy atom. The molecular formula is C94H186O7S. The normalized spacial score (nSPS) is 13.2. The summed E-state index contributed by atoms with van der Waals surface area (Å²) in [5.41, 5.74) is -2.58. The Morgan fingerprint density at radius 1 is 0.225 bits per heavy atom. The average molecular weight is 1460 g/mol. The molecule has 8 heteroatoms. The van der Waals surface area contributed by atoms with Crippen molar-refractivity contribution in [3.05, 3.63) is 0 Å². The van der Waals surface area contributed by atoms with Crippen molar-refractivity contribution >= 4 is 22.1 Å². The molecular weight excluding hydrogens is 1270 g/mol. The van der Waals surface area contributed by atoms with E-state index in [4.69, 9.17) is 0 Å². The molecule has 610 valence electrons. The van der Waals surface area contributed by atoms with Crippen molar-refractivity contribution in [3.8, 4) is 0 Å². The lowest BCUT2D eigenvalue weighted by molar-refractivity contribution is -0.167. The van der Waals surface area contributed by atoms with Crippen LogP contribution in [0.5, 0.6) is 0 Å². The van der Waals surface area contributed by atoms with Gasteiger partial charge in [0.2, 0.25) is 4.75 Å². The van der Waals surface area contributed by atoms with Crippen LogP contribution in [0.3, 0.4) is 0 Å². The number of hydrogen-bond donors (Lipinski definition) is 3. The molecule has 0 amide bonds. The SMILES string of the molecule is CCCCCCCCCCCCCCCC(CCCCCCCCCCCCCC)(CCCCCCCCCCCCCCC)C(C(=O)O)C(C(=O)O)(C(CCCCCCCCCCCCCC)(CCCCCCCCCCCCCCC)CCCCCCCCCCCCCCC)S(=O)(=O)O. The summed E-state index contributed by atoms with van der Waals surface area (Å²) in [6.07, 6.45) is 91.5. The molecule has 2 atom stereocenters. The third-order valence-electron chi connectivity index (χ3n) is 24.9. The van der Waals surface area contributed by atoms with Crippen LogP contribution in [0.2, 0.25) is 0 Å². The number of carboxylic acids is 2. The zero-order chi connectivity index (χ0) is 74.7. The zero-order valence-electron chi connectivity index (χ0n) is 70.4. The fourth-order valence-electron chi connectivity index (χ4n) is 18.4. The second kappa shape index (κ2) is 75.3. The van der Waals surface area contributed by atoms with Crippen LogP contribution < -0.4 is 0 Å². The molecule has 0 rings (SSSR count). The number of carbonyl (C=O) groups is 2. The fraction of sp³-hybridized carbons (Fsp3) is 0.979. The standard InChI is InChI=1S/C94H186O7S/c1-7-13-19-25-31-37-43-49-54-60-66-72-78-84-92(83-77-71-65-59-53-47-41-35-29-23-17-11-5,85-79-73-67-61-55-50-44-38-32-26-20-14-8-2)89(90(95)96)94(91(97)98,102(99,100)101)93(86-80-74-68-62-56-48-42-36-30-24-18-12-6,87-81-75-69-63-57-51-45-39-33-27-21-15-9-3)88-82-76-70-64-58-52-46-40-34-28-22-16-10-4/h89H,7-88H2,1-6H3,(H,95,96)(H,97,98)(H,99,100,101). The predicted molar refractivity (Wildman–Crippen MR) is 451 cm³/mol. The van der Waals surface area contributed by atoms with Crippen molar-refractivity contribution in [2.24, 2.45) is 16.7 Å². The van der Waals surface area contributed by atoms with Crippen LogP contribution >= 0.6 is 0 Å². The van der Waals surface area contributed by atoms with Gasteiger partial charge in [-0.1, -0.05) is 530 Å². The lowest BCUT2D eigenvalue weighted by atomic mass is 9.52. The van der Waals surface area contributed by atoms with Crippen LogP contribution in [0.25, 0.3) is 0 Å². The zero-order valence-corrected chi connectivity index (χ0v) is 71.3. The lowest BCUT2D eigenvalue weighted by Gasteiger charge is -2.54. The molecule has 0 radical (unpaired) electrons. The van der Waals surface area contributed by atoms with Crippen LogP contribution in [0.4, 0.5) is 0 Å². The van der Waals surface area contributed by atoms with E-state index in [0.717, 1.165) is 135 Å².